The van der Waals surface area contributed by atoms with Crippen LogP contribution in [-0.4, -0.2) is 37.1 Å². The highest BCUT2D eigenvalue weighted by Gasteiger charge is 2.33. The average molecular weight is 295 g/mol. The normalized spacial score (nSPS) is 26.0. The van der Waals surface area contributed by atoms with E-state index in [9.17, 15) is 0 Å². The lowest BCUT2D eigenvalue weighted by Gasteiger charge is -2.42. The van der Waals surface area contributed by atoms with Crippen molar-refractivity contribution in [1.29, 1.82) is 0 Å². The molecule has 0 saturated heterocycles. The molecule has 0 aliphatic heterocycles. The van der Waals surface area contributed by atoms with Crippen LogP contribution in [0.15, 0.2) is 0 Å². The van der Waals surface area contributed by atoms with E-state index < -0.39 is 0 Å². The van der Waals surface area contributed by atoms with Crippen LogP contribution < -0.4 is 5.32 Å². The number of hydrogen-bond donors (Lipinski definition) is 1. The molecule has 1 N–H and O–H groups in total. The zero-order valence-corrected chi connectivity index (χ0v) is 15.2. The largest absolute Gasteiger partial charge is 0.313 e. The minimum absolute atomic E-state index is 0.444. The van der Waals surface area contributed by atoms with Crippen LogP contribution in [0.2, 0.25) is 0 Å². The second-order valence-corrected chi connectivity index (χ2v) is 9.03. The van der Waals surface area contributed by atoms with E-state index in [0.717, 1.165) is 12.1 Å². The molecule has 0 aromatic carbocycles. The zero-order valence-electron chi connectivity index (χ0n) is 15.2. The lowest BCUT2D eigenvalue weighted by Crippen LogP contribution is -2.46. The van der Waals surface area contributed by atoms with Crippen molar-refractivity contribution in [2.45, 2.75) is 91.1 Å². The van der Waals surface area contributed by atoms with Crippen molar-refractivity contribution in [1.82, 2.24) is 10.2 Å². The van der Waals surface area contributed by atoms with Gasteiger partial charge in [0.25, 0.3) is 0 Å². The van der Waals surface area contributed by atoms with Crippen molar-refractivity contribution in [3.63, 3.8) is 0 Å². The van der Waals surface area contributed by atoms with Crippen LogP contribution in [0.1, 0.15) is 79.1 Å². The Balaban J connectivity index is 1.83. The third-order valence-corrected chi connectivity index (χ3v) is 5.81. The third kappa shape index (κ3) is 5.56. The van der Waals surface area contributed by atoms with E-state index in [4.69, 9.17) is 0 Å². The fourth-order valence-corrected chi connectivity index (χ4v) is 4.06. The fraction of sp³-hybridized carbons (Fsp3) is 1.00. The summed E-state index contributed by atoms with van der Waals surface area (Å²) < 4.78 is 0. The van der Waals surface area contributed by atoms with Crippen molar-refractivity contribution < 1.29 is 0 Å². The summed E-state index contributed by atoms with van der Waals surface area (Å²) in [5.41, 5.74) is 1.02. The van der Waals surface area contributed by atoms with Crippen LogP contribution in [0.4, 0.5) is 0 Å². The van der Waals surface area contributed by atoms with Crippen molar-refractivity contribution in [3.8, 4) is 0 Å². The summed E-state index contributed by atoms with van der Waals surface area (Å²) in [6, 6.07) is 1.65. The number of nitrogens with zero attached hydrogens (tertiary/aromatic N) is 1. The van der Waals surface area contributed by atoms with Gasteiger partial charge in [-0.1, -0.05) is 34.1 Å². The molecule has 2 aliphatic rings. The summed E-state index contributed by atoms with van der Waals surface area (Å²) in [6.45, 7) is 12.2. The maximum absolute atomic E-state index is 3.78. The molecule has 1 unspecified atom stereocenters. The van der Waals surface area contributed by atoms with E-state index in [1.807, 2.05) is 0 Å². The van der Waals surface area contributed by atoms with Gasteiger partial charge in [0, 0.05) is 25.2 Å². The fourth-order valence-electron chi connectivity index (χ4n) is 4.06. The summed E-state index contributed by atoms with van der Waals surface area (Å²) in [5, 5.41) is 3.78. The van der Waals surface area contributed by atoms with E-state index in [-0.39, 0.29) is 0 Å². The summed E-state index contributed by atoms with van der Waals surface area (Å²) in [7, 11) is 2.37. The van der Waals surface area contributed by atoms with Crippen molar-refractivity contribution in [3.05, 3.63) is 0 Å². The lowest BCUT2D eigenvalue weighted by molar-refractivity contribution is 0.0847. The highest BCUT2D eigenvalue weighted by molar-refractivity contribution is 4.89. The second-order valence-electron chi connectivity index (χ2n) is 9.03. The average Bonchev–Trinajstić information content (AvgIpc) is 3.20. The maximum Gasteiger partial charge on any atom is 0.00928 e. The Morgan fingerprint density at radius 3 is 2.29 bits per heavy atom. The van der Waals surface area contributed by atoms with E-state index in [1.54, 1.807) is 0 Å². The Hall–Kier alpha value is -0.0800. The van der Waals surface area contributed by atoms with Gasteiger partial charge in [-0.2, -0.15) is 0 Å². The quantitative estimate of drug-likeness (QED) is 0.711. The molecule has 2 heteroatoms. The molecule has 0 spiro atoms. The molecule has 2 nitrogen and oxygen atoms in total. The molecule has 2 fully saturated rings. The molecule has 0 bridgehead atoms. The number of hydrogen-bond acceptors (Lipinski definition) is 2. The van der Waals surface area contributed by atoms with Crippen molar-refractivity contribution in [2.75, 3.05) is 20.1 Å². The predicted octanol–water partition coefficient (Wildman–Crippen LogP) is 4.45. The number of nitrogens with one attached hydrogen (secondary N) is 1. The lowest BCUT2D eigenvalue weighted by atomic mass is 9.75. The van der Waals surface area contributed by atoms with Gasteiger partial charge in [0.2, 0.25) is 0 Å². The number of rotatable bonds is 8. The first-order chi connectivity index (χ1) is 9.84. The molecule has 0 heterocycles. The standard InChI is InChI=1S/C19H38N2/c1-6-11-19(4,14-20-16-7-8-16)15-21(5)17-9-12-18(2,3)13-10-17/h16-17,20H,6-15H2,1-5H3. The van der Waals surface area contributed by atoms with Crippen LogP contribution in [0.25, 0.3) is 0 Å². The minimum Gasteiger partial charge on any atom is -0.313 e. The molecule has 0 radical (unpaired) electrons. The molecule has 2 aliphatic carbocycles. The van der Waals surface area contributed by atoms with Crippen LogP contribution >= 0.6 is 0 Å². The molecule has 0 amide bonds. The summed E-state index contributed by atoms with van der Waals surface area (Å²) in [4.78, 5) is 2.68. The van der Waals surface area contributed by atoms with E-state index in [0.29, 0.717) is 10.8 Å². The van der Waals surface area contributed by atoms with Crippen LogP contribution in [0.3, 0.4) is 0 Å². The summed E-state index contributed by atoms with van der Waals surface area (Å²) >= 11 is 0. The van der Waals surface area contributed by atoms with Crippen LogP contribution in [0, 0.1) is 10.8 Å². The first-order valence-corrected chi connectivity index (χ1v) is 9.27. The third-order valence-electron chi connectivity index (χ3n) is 5.81. The molecule has 124 valence electrons. The van der Waals surface area contributed by atoms with Gasteiger partial charge >= 0.3 is 0 Å². The molecule has 1 atom stereocenters. The van der Waals surface area contributed by atoms with Gasteiger partial charge in [0.15, 0.2) is 0 Å². The smallest absolute Gasteiger partial charge is 0.00928 e. The Labute approximate surface area is 133 Å². The van der Waals surface area contributed by atoms with E-state index in [2.05, 4.69) is 45.0 Å². The Kier molecular flexibility index (Phi) is 5.76. The topological polar surface area (TPSA) is 15.3 Å². The van der Waals surface area contributed by atoms with Crippen molar-refractivity contribution in [2.24, 2.45) is 10.8 Å². The van der Waals surface area contributed by atoms with Gasteiger partial charge in [0.1, 0.15) is 0 Å². The van der Waals surface area contributed by atoms with Gasteiger partial charge in [-0.25, -0.2) is 0 Å². The Bertz CT molecular complexity index is 312. The molecule has 2 rings (SSSR count). The highest BCUT2D eigenvalue weighted by atomic mass is 15.1. The van der Waals surface area contributed by atoms with E-state index in [1.165, 1.54) is 64.5 Å². The van der Waals surface area contributed by atoms with Gasteiger partial charge in [-0.15, -0.1) is 0 Å². The van der Waals surface area contributed by atoms with Gasteiger partial charge in [0.05, 0.1) is 0 Å². The SMILES string of the molecule is CCCC(C)(CNC1CC1)CN(C)C1CCC(C)(C)CC1. The molecule has 2 saturated carbocycles. The second kappa shape index (κ2) is 7.00. The molecule has 0 aromatic heterocycles. The summed E-state index contributed by atoms with van der Waals surface area (Å²) in [5.74, 6) is 0. The molecular weight excluding hydrogens is 256 g/mol. The first kappa shape index (κ1) is 17.3. The van der Waals surface area contributed by atoms with E-state index >= 15 is 0 Å². The minimum atomic E-state index is 0.444. The highest BCUT2D eigenvalue weighted by Crippen LogP contribution is 2.37. The van der Waals surface area contributed by atoms with Gasteiger partial charge in [-0.05, 0) is 62.8 Å². The van der Waals surface area contributed by atoms with Gasteiger partial charge < -0.3 is 10.2 Å². The predicted molar refractivity (Wildman–Crippen MR) is 92.7 cm³/mol. The molecule has 0 aromatic rings. The monoisotopic (exact) mass is 294 g/mol. The zero-order chi connectivity index (χ0) is 15.5. The molecular formula is C19H38N2. The first-order valence-electron chi connectivity index (χ1n) is 9.27. The van der Waals surface area contributed by atoms with Crippen molar-refractivity contribution >= 4 is 0 Å². The Morgan fingerprint density at radius 2 is 1.76 bits per heavy atom. The maximum atomic E-state index is 3.78. The Morgan fingerprint density at radius 1 is 1.14 bits per heavy atom. The van der Waals surface area contributed by atoms with Crippen LogP contribution in [-0.2, 0) is 0 Å². The molecule has 21 heavy (non-hydrogen) atoms. The van der Waals surface area contributed by atoms with Gasteiger partial charge in [-0.3, -0.25) is 0 Å². The van der Waals surface area contributed by atoms with Crippen LogP contribution in [0.5, 0.6) is 0 Å². The summed E-state index contributed by atoms with van der Waals surface area (Å²) in [6.07, 6.45) is 11.0.